The number of esters is 1. The number of allylic oxidation sites excluding steroid dienone is 1. The van der Waals surface area contributed by atoms with Crippen molar-refractivity contribution in [3.8, 4) is 0 Å². The fourth-order valence-electron chi connectivity index (χ4n) is 4.77. The lowest BCUT2D eigenvalue weighted by atomic mass is 9.89. The zero-order chi connectivity index (χ0) is 19.8. The molecule has 1 aromatic carbocycles. The zero-order valence-electron chi connectivity index (χ0n) is 17.9. The van der Waals surface area contributed by atoms with Crippen LogP contribution in [-0.4, -0.2) is 42.7 Å². The van der Waals surface area contributed by atoms with Crippen molar-refractivity contribution in [2.24, 2.45) is 5.92 Å². The Bertz CT molecular complexity index is 638. The molecule has 0 unspecified atom stereocenters. The summed E-state index contributed by atoms with van der Waals surface area (Å²) in [7, 11) is 0. The van der Waals surface area contributed by atoms with Gasteiger partial charge in [0.2, 0.25) is 0 Å². The van der Waals surface area contributed by atoms with E-state index in [-0.39, 0.29) is 12.1 Å². The number of hydrogen-bond acceptors (Lipinski definition) is 2. The van der Waals surface area contributed by atoms with Crippen molar-refractivity contribution in [2.45, 2.75) is 71.3 Å². The largest absolute Gasteiger partial charge is 0.458 e. The van der Waals surface area contributed by atoms with E-state index in [0.717, 1.165) is 49.3 Å². The van der Waals surface area contributed by atoms with Gasteiger partial charge in [-0.15, -0.1) is 0 Å². The van der Waals surface area contributed by atoms with Crippen LogP contribution < -0.4 is 0 Å². The van der Waals surface area contributed by atoms with Crippen LogP contribution in [0.2, 0.25) is 0 Å². The molecule has 0 aromatic heterocycles. The number of nitrogens with zero attached hydrogens (tertiary/aromatic N) is 1. The molecule has 3 heteroatoms. The molecule has 3 rings (SSSR count). The van der Waals surface area contributed by atoms with Gasteiger partial charge < -0.3 is 9.22 Å². The van der Waals surface area contributed by atoms with Crippen LogP contribution in [0.25, 0.3) is 0 Å². The Morgan fingerprint density at radius 1 is 1.07 bits per heavy atom. The molecule has 0 radical (unpaired) electrons. The van der Waals surface area contributed by atoms with Crippen LogP contribution >= 0.6 is 0 Å². The quantitative estimate of drug-likeness (QED) is 0.362. The van der Waals surface area contributed by atoms with E-state index in [9.17, 15) is 4.79 Å². The Hall–Kier alpha value is -1.61. The monoisotopic (exact) mass is 384 g/mol. The van der Waals surface area contributed by atoms with Crippen molar-refractivity contribution in [1.29, 1.82) is 0 Å². The van der Waals surface area contributed by atoms with Crippen LogP contribution in [0.4, 0.5) is 0 Å². The number of rotatable bonds is 7. The predicted molar refractivity (Wildman–Crippen MR) is 115 cm³/mol. The number of hydrogen-bond donors (Lipinski definition) is 0. The minimum Gasteiger partial charge on any atom is -0.458 e. The third-order valence-corrected chi connectivity index (χ3v) is 6.64. The van der Waals surface area contributed by atoms with Gasteiger partial charge in [-0.25, -0.2) is 4.79 Å². The van der Waals surface area contributed by atoms with E-state index in [0.29, 0.717) is 6.54 Å². The van der Waals surface area contributed by atoms with Gasteiger partial charge >= 0.3 is 5.97 Å². The van der Waals surface area contributed by atoms with E-state index < -0.39 is 0 Å². The third kappa shape index (κ3) is 6.48. The Morgan fingerprint density at radius 2 is 1.75 bits per heavy atom. The first kappa shape index (κ1) is 21.1. The normalized spacial score (nSPS) is 25.3. The fraction of sp³-hybridized carbons (Fsp3) is 0.640. The molecular formula is C25H38NO2+. The molecule has 0 amide bonds. The van der Waals surface area contributed by atoms with Gasteiger partial charge in [-0.05, 0) is 75.8 Å². The summed E-state index contributed by atoms with van der Waals surface area (Å²) in [6, 6.07) is 10.6. The zero-order valence-corrected chi connectivity index (χ0v) is 17.9. The molecule has 0 spiro atoms. The topological polar surface area (TPSA) is 26.3 Å². The molecule has 1 aliphatic carbocycles. The molecule has 1 heterocycles. The smallest absolute Gasteiger partial charge is 0.362 e. The molecule has 0 atom stereocenters. The average Bonchev–Trinajstić information content (AvgIpc) is 2.70. The van der Waals surface area contributed by atoms with Crippen molar-refractivity contribution < 1.29 is 14.0 Å². The number of quaternary nitrogens is 1. The van der Waals surface area contributed by atoms with E-state index >= 15 is 0 Å². The highest BCUT2D eigenvalue weighted by molar-refractivity contribution is 5.70. The molecule has 1 saturated heterocycles. The molecule has 2 fully saturated rings. The summed E-state index contributed by atoms with van der Waals surface area (Å²) in [6.07, 6.45) is 11.7. The number of carbonyl (C=O) groups excluding carboxylic acids is 1. The molecular weight excluding hydrogens is 346 g/mol. The van der Waals surface area contributed by atoms with Crippen LogP contribution in [0.5, 0.6) is 0 Å². The Morgan fingerprint density at radius 3 is 2.43 bits per heavy atom. The maximum Gasteiger partial charge on any atom is 0.362 e. The Labute approximate surface area is 171 Å². The lowest BCUT2D eigenvalue weighted by Gasteiger charge is -2.40. The first-order valence-corrected chi connectivity index (χ1v) is 11.3. The Balaban J connectivity index is 1.56. The van der Waals surface area contributed by atoms with Crippen molar-refractivity contribution in [3.05, 3.63) is 47.5 Å². The molecule has 1 aromatic rings. The van der Waals surface area contributed by atoms with Crippen LogP contribution in [0.3, 0.4) is 0 Å². The SMILES string of the molecule is C/C(=C\C[N+]1(CC(=O)OC2CCC(C)CC2)CCCCC1)Cc1ccccc1. The van der Waals surface area contributed by atoms with Gasteiger partial charge in [0, 0.05) is 0 Å². The predicted octanol–water partition coefficient (Wildman–Crippen LogP) is 5.30. The van der Waals surface area contributed by atoms with E-state index in [1.165, 1.54) is 43.2 Å². The number of ether oxygens (including phenoxy) is 1. The second-order valence-electron chi connectivity index (χ2n) is 9.27. The molecule has 2 aliphatic rings. The third-order valence-electron chi connectivity index (χ3n) is 6.64. The molecule has 1 aliphatic heterocycles. The fourth-order valence-corrected chi connectivity index (χ4v) is 4.77. The molecule has 154 valence electrons. The molecule has 0 bridgehead atoms. The van der Waals surface area contributed by atoms with Gasteiger partial charge in [0.05, 0.1) is 19.6 Å². The van der Waals surface area contributed by atoms with Crippen LogP contribution in [-0.2, 0) is 16.0 Å². The summed E-state index contributed by atoms with van der Waals surface area (Å²) >= 11 is 0. The average molecular weight is 385 g/mol. The van der Waals surface area contributed by atoms with Gasteiger partial charge in [-0.1, -0.05) is 42.8 Å². The molecule has 3 nitrogen and oxygen atoms in total. The second-order valence-corrected chi connectivity index (χ2v) is 9.27. The summed E-state index contributed by atoms with van der Waals surface area (Å²) in [4.78, 5) is 12.7. The highest BCUT2D eigenvalue weighted by Gasteiger charge is 2.33. The molecule has 0 N–H and O–H groups in total. The first-order chi connectivity index (χ1) is 13.5. The van der Waals surface area contributed by atoms with E-state index in [1.54, 1.807) is 0 Å². The van der Waals surface area contributed by atoms with Crippen molar-refractivity contribution in [1.82, 2.24) is 0 Å². The van der Waals surface area contributed by atoms with E-state index in [2.05, 4.69) is 50.3 Å². The summed E-state index contributed by atoms with van der Waals surface area (Å²) in [5, 5.41) is 0. The minimum absolute atomic E-state index is 0.0237. The summed E-state index contributed by atoms with van der Waals surface area (Å²) in [5.74, 6) is 0.809. The highest BCUT2D eigenvalue weighted by atomic mass is 16.5. The lowest BCUT2D eigenvalue weighted by Crippen LogP contribution is -2.55. The lowest BCUT2D eigenvalue weighted by molar-refractivity contribution is -0.920. The summed E-state index contributed by atoms with van der Waals surface area (Å²) in [5.41, 5.74) is 2.75. The number of benzene rings is 1. The van der Waals surface area contributed by atoms with Gasteiger partial charge in [-0.3, -0.25) is 0 Å². The summed E-state index contributed by atoms with van der Waals surface area (Å²) in [6.45, 7) is 8.22. The van der Waals surface area contributed by atoms with E-state index in [4.69, 9.17) is 4.74 Å². The minimum atomic E-state index is 0.0237. The van der Waals surface area contributed by atoms with E-state index in [1.807, 2.05) is 0 Å². The second kappa shape index (κ2) is 10.2. The summed E-state index contributed by atoms with van der Waals surface area (Å²) < 4.78 is 6.78. The van der Waals surface area contributed by atoms with Crippen LogP contribution in [0.1, 0.15) is 64.4 Å². The van der Waals surface area contributed by atoms with Crippen molar-refractivity contribution in [3.63, 3.8) is 0 Å². The molecule has 1 saturated carbocycles. The highest BCUT2D eigenvalue weighted by Crippen LogP contribution is 2.26. The van der Waals surface area contributed by atoms with Crippen molar-refractivity contribution >= 4 is 5.97 Å². The molecule has 28 heavy (non-hydrogen) atoms. The van der Waals surface area contributed by atoms with Gasteiger partial charge in [0.25, 0.3) is 0 Å². The standard InChI is InChI=1S/C25H38NO2/c1-21-11-13-24(14-12-21)28-25(27)20-26(16-7-4-8-17-26)18-15-22(2)19-23-9-5-3-6-10-23/h3,5-6,9-10,15,21,24H,4,7-8,11-14,16-20H2,1-2H3/q+1/b22-15+. The number of likely N-dealkylation sites (tertiary alicyclic amines) is 1. The van der Waals surface area contributed by atoms with Gasteiger partial charge in [-0.2, -0.15) is 0 Å². The number of carbonyl (C=O) groups is 1. The maximum atomic E-state index is 12.7. The maximum absolute atomic E-state index is 12.7. The van der Waals surface area contributed by atoms with Crippen LogP contribution in [0.15, 0.2) is 42.0 Å². The number of piperidine rings is 1. The van der Waals surface area contributed by atoms with Gasteiger partial charge in [0.1, 0.15) is 6.10 Å². The van der Waals surface area contributed by atoms with Crippen LogP contribution in [0, 0.1) is 5.92 Å². The van der Waals surface area contributed by atoms with Gasteiger partial charge in [0.15, 0.2) is 6.54 Å². The van der Waals surface area contributed by atoms with Crippen molar-refractivity contribution in [2.75, 3.05) is 26.2 Å². The first-order valence-electron chi connectivity index (χ1n) is 11.3. The Kier molecular flexibility index (Phi) is 7.73.